The lowest BCUT2D eigenvalue weighted by Gasteiger charge is -2.00. The van der Waals surface area contributed by atoms with Gasteiger partial charge in [-0.1, -0.05) is 43.1 Å². The first kappa shape index (κ1) is 12.8. The molecule has 1 aromatic carbocycles. The van der Waals surface area contributed by atoms with Gasteiger partial charge in [0.1, 0.15) is 15.8 Å². The van der Waals surface area contributed by atoms with Gasteiger partial charge in [-0.2, -0.15) is 0 Å². The molecule has 2 rings (SSSR count). The lowest BCUT2D eigenvalue weighted by Crippen LogP contribution is -1.86. The van der Waals surface area contributed by atoms with E-state index in [0.717, 1.165) is 5.01 Å². The molecule has 0 N–H and O–H groups in total. The molecule has 0 radical (unpaired) electrons. The number of nitrogens with zero attached hydrogens (tertiary/aromatic N) is 1. The van der Waals surface area contributed by atoms with E-state index in [4.69, 9.17) is 23.2 Å². The Balaban J connectivity index is 2.49. The first-order chi connectivity index (χ1) is 7.99. The Morgan fingerprint density at radius 2 is 2.00 bits per heavy atom. The van der Waals surface area contributed by atoms with E-state index in [0.29, 0.717) is 21.5 Å². The van der Waals surface area contributed by atoms with Crippen LogP contribution in [0.15, 0.2) is 18.2 Å². The summed E-state index contributed by atoms with van der Waals surface area (Å²) in [6.07, 6.45) is 0. The van der Waals surface area contributed by atoms with Crippen molar-refractivity contribution in [3.63, 3.8) is 0 Å². The van der Waals surface area contributed by atoms with E-state index in [-0.39, 0.29) is 5.02 Å². The van der Waals surface area contributed by atoms with Gasteiger partial charge in [0.2, 0.25) is 0 Å². The fourth-order valence-electron chi connectivity index (χ4n) is 1.39. The van der Waals surface area contributed by atoms with Crippen molar-refractivity contribution in [2.24, 2.45) is 0 Å². The van der Waals surface area contributed by atoms with Crippen molar-refractivity contribution >= 4 is 34.5 Å². The fraction of sp³-hybridized carbons (Fsp3) is 0.250. The van der Waals surface area contributed by atoms with Crippen LogP contribution in [0.1, 0.15) is 24.8 Å². The molecular formula is C12H10Cl2FNS. The molecule has 0 aliphatic rings. The molecule has 1 heterocycles. The average molecular weight is 290 g/mol. The van der Waals surface area contributed by atoms with E-state index < -0.39 is 5.82 Å². The third kappa shape index (κ3) is 2.62. The van der Waals surface area contributed by atoms with Crippen LogP contribution in [-0.2, 0) is 0 Å². The summed E-state index contributed by atoms with van der Waals surface area (Å²) >= 11 is 13.2. The van der Waals surface area contributed by atoms with Crippen molar-refractivity contribution in [1.82, 2.24) is 4.98 Å². The first-order valence-electron chi connectivity index (χ1n) is 5.10. The topological polar surface area (TPSA) is 12.9 Å². The monoisotopic (exact) mass is 289 g/mol. The van der Waals surface area contributed by atoms with E-state index in [1.165, 1.54) is 23.5 Å². The minimum absolute atomic E-state index is 0.101. The quantitative estimate of drug-likeness (QED) is 0.723. The van der Waals surface area contributed by atoms with Gasteiger partial charge in [0, 0.05) is 11.5 Å². The van der Waals surface area contributed by atoms with Gasteiger partial charge in [-0.25, -0.2) is 9.37 Å². The Bertz CT molecular complexity index is 551. The third-order valence-corrected chi connectivity index (χ3v) is 4.15. The van der Waals surface area contributed by atoms with E-state index in [1.807, 2.05) is 13.8 Å². The number of aromatic nitrogens is 1. The van der Waals surface area contributed by atoms with Gasteiger partial charge in [-0.15, -0.1) is 11.3 Å². The highest BCUT2D eigenvalue weighted by atomic mass is 35.5. The molecule has 0 aliphatic carbocycles. The number of thiazole rings is 1. The first-order valence-corrected chi connectivity index (χ1v) is 6.68. The second-order valence-electron chi connectivity index (χ2n) is 3.96. The molecule has 1 aromatic heterocycles. The molecule has 0 amide bonds. The van der Waals surface area contributed by atoms with Crippen LogP contribution in [0.5, 0.6) is 0 Å². The highest BCUT2D eigenvalue weighted by molar-refractivity contribution is 7.16. The number of hydrogen-bond acceptors (Lipinski definition) is 2. The van der Waals surface area contributed by atoms with Gasteiger partial charge in [0.05, 0.1) is 10.0 Å². The Morgan fingerprint density at radius 3 is 2.53 bits per heavy atom. The van der Waals surface area contributed by atoms with E-state index >= 15 is 0 Å². The molecule has 5 heteroatoms. The Kier molecular flexibility index (Phi) is 3.71. The maximum atomic E-state index is 13.4. The molecule has 0 fully saturated rings. The zero-order valence-electron chi connectivity index (χ0n) is 9.30. The molecule has 90 valence electrons. The molecule has 2 aromatic rings. The molecule has 0 saturated heterocycles. The summed E-state index contributed by atoms with van der Waals surface area (Å²) in [6.45, 7) is 4.09. The van der Waals surface area contributed by atoms with Crippen LogP contribution < -0.4 is 0 Å². The Labute approximate surface area is 113 Å². The van der Waals surface area contributed by atoms with Gasteiger partial charge < -0.3 is 0 Å². The molecule has 0 spiro atoms. The summed E-state index contributed by atoms with van der Waals surface area (Å²) < 4.78 is 13.9. The zero-order chi connectivity index (χ0) is 12.6. The summed E-state index contributed by atoms with van der Waals surface area (Å²) in [5.74, 6) is -0.150. The number of rotatable bonds is 2. The van der Waals surface area contributed by atoms with Gasteiger partial charge in [0.15, 0.2) is 0 Å². The second-order valence-corrected chi connectivity index (χ2v) is 6.00. The lowest BCUT2D eigenvalue weighted by atomic mass is 10.1. The number of halogens is 3. The second kappa shape index (κ2) is 4.92. The van der Waals surface area contributed by atoms with Gasteiger partial charge in [0.25, 0.3) is 0 Å². The molecule has 17 heavy (non-hydrogen) atoms. The predicted octanol–water partition coefficient (Wildman–Crippen LogP) is 5.38. The van der Waals surface area contributed by atoms with Crippen LogP contribution in [0.4, 0.5) is 4.39 Å². The maximum absolute atomic E-state index is 13.4. The van der Waals surface area contributed by atoms with E-state index in [9.17, 15) is 4.39 Å². The zero-order valence-corrected chi connectivity index (χ0v) is 11.6. The van der Waals surface area contributed by atoms with E-state index in [2.05, 4.69) is 4.98 Å². The summed E-state index contributed by atoms with van der Waals surface area (Å²) in [6, 6.07) is 4.58. The Hall–Kier alpha value is -0.640. The van der Waals surface area contributed by atoms with Crippen molar-refractivity contribution in [3.05, 3.63) is 38.4 Å². The highest BCUT2D eigenvalue weighted by Crippen LogP contribution is 2.36. The molecule has 0 atom stereocenters. The van der Waals surface area contributed by atoms with Crippen LogP contribution >= 0.6 is 34.5 Å². The Morgan fingerprint density at radius 1 is 1.29 bits per heavy atom. The molecule has 0 aliphatic heterocycles. The van der Waals surface area contributed by atoms with Crippen LogP contribution in [0.3, 0.4) is 0 Å². The highest BCUT2D eigenvalue weighted by Gasteiger charge is 2.14. The van der Waals surface area contributed by atoms with Crippen molar-refractivity contribution in [2.75, 3.05) is 0 Å². The van der Waals surface area contributed by atoms with E-state index in [1.54, 1.807) is 6.07 Å². The van der Waals surface area contributed by atoms with Gasteiger partial charge >= 0.3 is 0 Å². The summed E-state index contributed by atoms with van der Waals surface area (Å²) in [4.78, 5) is 4.43. The number of benzene rings is 1. The van der Waals surface area contributed by atoms with Crippen LogP contribution in [0.25, 0.3) is 11.3 Å². The van der Waals surface area contributed by atoms with Gasteiger partial charge in [-0.05, 0) is 12.1 Å². The minimum Gasteiger partial charge on any atom is -0.239 e. The smallest absolute Gasteiger partial charge is 0.142 e. The average Bonchev–Trinajstić information content (AvgIpc) is 2.65. The fourth-order valence-corrected chi connectivity index (χ4v) is 2.71. The molecule has 0 saturated carbocycles. The largest absolute Gasteiger partial charge is 0.239 e. The van der Waals surface area contributed by atoms with Crippen molar-refractivity contribution in [1.29, 1.82) is 0 Å². The lowest BCUT2D eigenvalue weighted by molar-refractivity contribution is 0.628. The van der Waals surface area contributed by atoms with Gasteiger partial charge in [-0.3, -0.25) is 0 Å². The number of hydrogen-bond donors (Lipinski definition) is 0. The molecule has 0 bridgehead atoms. The van der Waals surface area contributed by atoms with Crippen molar-refractivity contribution in [3.8, 4) is 11.3 Å². The van der Waals surface area contributed by atoms with Crippen LogP contribution in [0.2, 0.25) is 9.36 Å². The summed E-state index contributed by atoms with van der Waals surface area (Å²) in [7, 11) is 0. The minimum atomic E-state index is -0.459. The predicted molar refractivity (Wildman–Crippen MR) is 71.6 cm³/mol. The van der Waals surface area contributed by atoms with Crippen LogP contribution in [0, 0.1) is 5.82 Å². The standard InChI is InChI=1S/C12H10Cl2FNS/c1-6(2)12-16-10(11(14)17-12)7-3-4-8(13)9(15)5-7/h3-6H,1-2H3. The molecule has 0 unspecified atom stereocenters. The molecular weight excluding hydrogens is 280 g/mol. The summed E-state index contributed by atoms with van der Waals surface area (Å²) in [5.41, 5.74) is 1.27. The normalized spacial score (nSPS) is 11.2. The van der Waals surface area contributed by atoms with Crippen LogP contribution in [-0.4, -0.2) is 4.98 Å². The summed E-state index contributed by atoms with van der Waals surface area (Å²) in [5, 5.41) is 1.05. The van der Waals surface area contributed by atoms with Crippen molar-refractivity contribution in [2.45, 2.75) is 19.8 Å². The van der Waals surface area contributed by atoms with Crippen molar-refractivity contribution < 1.29 is 4.39 Å². The maximum Gasteiger partial charge on any atom is 0.142 e. The molecule has 1 nitrogen and oxygen atoms in total. The third-order valence-electron chi connectivity index (χ3n) is 2.29. The SMILES string of the molecule is CC(C)c1nc(-c2ccc(Cl)c(F)c2)c(Cl)s1.